The lowest BCUT2D eigenvalue weighted by Crippen LogP contribution is -3.11. The number of quaternary nitrogens is 1. The van der Waals surface area contributed by atoms with Gasteiger partial charge < -0.3 is 15.1 Å². The normalized spacial score (nSPS) is 11.8. The highest BCUT2D eigenvalue weighted by atomic mass is 32.2. The first-order valence-corrected chi connectivity index (χ1v) is 11.0. The number of aryl methyl sites for hydroxylation is 3. The molecular weight excluding hydrogens is 382 g/mol. The molecule has 0 bridgehead atoms. The summed E-state index contributed by atoms with van der Waals surface area (Å²) in [6.45, 7) is 7.12. The molecule has 0 aliphatic rings. The first kappa shape index (κ1) is 23.0. The second-order valence-corrected chi connectivity index (χ2v) is 8.61. The van der Waals surface area contributed by atoms with Gasteiger partial charge in [0.25, 0.3) is 11.8 Å². The molecule has 0 aliphatic heterocycles. The topological polar surface area (TPSA) is 53.9 Å². The number of amides is 2. The minimum absolute atomic E-state index is 0.0203. The first-order valence-electron chi connectivity index (χ1n) is 9.75. The predicted molar refractivity (Wildman–Crippen MR) is 121 cm³/mol. The van der Waals surface area contributed by atoms with Crippen LogP contribution >= 0.6 is 11.8 Å². The molecule has 156 valence electrons. The van der Waals surface area contributed by atoms with E-state index in [2.05, 4.69) is 29.6 Å². The number of rotatable bonds is 8. The fourth-order valence-electron chi connectivity index (χ4n) is 3.38. The Balaban J connectivity index is 1.86. The Kier molecular flexibility index (Phi) is 8.29. The molecule has 2 aromatic rings. The quantitative estimate of drug-likeness (QED) is 0.653. The number of hydrogen-bond donors (Lipinski definition) is 2. The maximum atomic E-state index is 12.5. The summed E-state index contributed by atoms with van der Waals surface area (Å²) in [5.41, 5.74) is 5.25. The molecule has 0 aromatic heterocycles. The Labute approximate surface area is 178 Å². The molecular formula is C23H32N3O2S+. The minimum Gasteiger partial charge on any atom is -0.337 e. The molecule has 6 heteroatoms. The maximum absolute atomic E-state index is 12.5. The molecule has 0 aliphatic carbocycles. The molecule has 0 heterocycles. The number of nitrogens with one attached hydrogen (secondary N) is 2. The van der Waals surface area contributed by atoms with Crippen LogP contribution in [-0.2, 0) is 16.1 Å². The number of carbonyl (C=O) groups is 2. The van der Waals surface area contributed by atoms with Gasteiger partial charge in [-0.3, -0.25) is 9.59 Å². The van der Waals surface area contributed by atoms with E-state index in [1.807, 2.05) is 46.2 Å². The third-order valence-electron chi connectivity index (χ3n) is 4.86. The van der Waals surface area contributed by atoms with Crippen LogP contribution in [0.3, 0.4) is 0 Å². The van der Waals surface area contributed by atoms with Crippen molar-refractivity contribution >= 4 is 29.3 Å². The zero-order valence-corrected chi connectivity index (χ0v) is 19.1. The molecule has 0 fully saturated rings. The van der Waals surface area contributed by atoms with Gasteiger partial charge in [0.15, 0.2) is 13.1 Å². The average Bonchev–Trinajstić information content (AvgIpc) is 2.65. The fourth-order valence-corrected chi connectivity index (χ4v) is 3.79. The molecule has 1 unspecified atom stereocenters. The first-order chi connectivity index (χ1) is 13.7. The number of thioether (sulfide) groups is 1. The van der Waals surface area contributed by atoms with Crippen LogP contribution in [0.15, 0.2) is 41.3 Å². The summed E-state index contributed by atoms with van der Waals surface area (Å²) in [5.74, 6) is -0.0624. The number of nitrogens with zero attached hydrogens (tertiary/aromatic N) is 1. The van der Waals surface area contributed by atoms with Gasteiger partial charge in [0.2, 0.25) is 0 Å². The van der Waals surface area contributed by atoms with Gasteiger partial charge >= 0.3 is 0 Å². The Morgan fingerprint density at radius 3 is 2.17 bits per heavy atom. The van der Waals surface area contributed by atoms with Crippen molar-refractivity contribution < 1.29 is 14.5 Å². The third-order valence-corrected chi connectivity index (χ3v) is 5.60. The van der Waals surface area contributed by atoms with Gasteiger partial charge in [-0.2, -0.15) is 0 Å². The molecule has 0 saturated heterocycles. The van der Waals surface area contributed by atoms with Crippen LogP contribution in [0.25, 0.3) is 0 Å². The molecule has 0 radical (unpaired) electrons. The highest BCUT2D eigenvalue weighted by Crippen LogP contribution is 2.21. The summed E-state index contributed by atoms with van der Waals surface area (Å²) in [4.78, 5) is 28.8. The van der Waals surface area contributed by atoms with E-state index >= 15 is 0 Å². The number of carbonyl (C=O) groups excluding carboxylic acids is 2. The Bertz CT molecular complexity index is 842. The number of likely N-dealkylation sites (N-methyl/N-ethyl adjacent to an activating group) is 2. The number of anilines is 1. The van der Waals surface area contributed by atoms with Crippen molar-refractivity contribution in [2.75, 3.05) is 38.8 Å². The lowest BCUT2D eigenvalue weighted by atomic mass is 10.1. The summed E-state index contributed by atoms with van der Waals surface area (Å²) < 4.78 is 0. The highest BCUT2D eigenvalue weighted by molar-refractivity contribution is 7.98. The van der Waals surface area contributed by atoms with E-state index < -0.39 is 0 Å². The lowest BCUT2D eigenvalue weighted by molar-refractivity contribution is -0.862. The molecule has 0 spiro atoms. The van der Waals surface area contributed by atoms with E-state index in [4.69, 9.17) is 0 Å². The molecule has 0 saturated carbocycles. The monoisotopic (exact) mass is 414 g/mol. The summed E-state index contributed by atoms with van der Waals surface area (Å²) in [6, 6.07) is 12.3. The number of hydrogen-bond acceptors (Lipinski definition) is 3. The van der Waals surface area contributed by atoms with Gasteiger partial charge in [-0.25, -0.2) is 0 Å². The summed E-state index contributed by atoms with van der Waals surface area (Å²) >= 11 is 1.70. The largest absolute Gasteiger partial charge is 0.337 e. The van der Waals surface area contributed by atoms with E-state index in [-0.39, 0.29) is 24.9 Å². The van der Waals surface area contributed by atoms with E-state index in [0.29, 0.717) is 6.54 Å². The lowest BCUT2D eigenvalue weighted by Gasteiger charge is -2.20. The van der Waals surface area contributed by atoms with Crippen LogP contribution in [0.1, 0.15) is 22.3 Å². The SMILES string of the molecule is CSc1ccc(CN(C)C(=O)C[NH+](C)CC(=O)Nc2c(C)cc(C)cc2C)cc1. The van der Waals surface area contributed by atoms with Crippen molar-refractivity contribution in [3.63, 3.8) is 0 Å². The van der Waals surface area contributed by atoms with Gasteiger partial charge in [-0.1, -0.05) is 29.8 Å². The van der Waals surface area contributed by atoms with Crippen LogP contribution < -0.4 is 10.2 Å². The van der Waals surface area contributed by atoms with Gasteiger partial charge in [0, 0.05) is 24.2 Å². The van der Waals surface area contributed by atoms with Gasteiger partial charge in [-0.05, 0) is 55.9 Å². The summed E-state index contributed by atoms with van der Waals surface area (Å²) in [7, 11) is 3.67. The van der Waals surface area contributed by atoms with Crippen LogP contribution in [0.4, 0.5) is 5.69 Å². The molecule has 29 heavy (non-hydrogen) atoms. The van der Waals surface area contributed by atoms with Gasteiger partial charge in [0.05, 0.1) is 7.05 Å². The van der Waals surface area contributed by atoms with Crippen molar-refractivity contribution in [2.24, 2.45) is 0 Å². The van der Waals surface area contributed by atoms with E-state index in [0.717, 1.165) is 27.3 Å². The van der Waals surface area contributed by atoms with Gasteiger partial charge in [0.1, 0.15) is 0 Å². The highest BCUT2D eigenvalue weighted by Gasteiger charge is 2.18. The predicted octanol–water partition coefficient (Wildman–Crippen LogP) is 2.45. The fraction of sp³-hybridized carbons (Fsp3) is 0.391. The molecule has 2 N–H and O–H groups in total. The van der Waals surface area contributed by atoms with Crippen molar-refractivity contribution in [1.82, 2.24) is 4.90 Å². The van der Waals surface area contributed by atoms with Crippen molar-refractivity contribution in [2.45, 2.75) is 32.2 Å². The van der Waals surface area contributed by atoms with Crippen molar-refractivity contribution in [3.05, 3.63) is 58.7 Å². The zero-order chi connectivity index (χ0) is 21.6. The molecule has 2 rings (SSSR count). The van der Waals surface area contributed by atoms with E-state index in [1.165, 1.54) is 10.5 Å². The van der Waals surface area contributed by atoms with E-state index in [1.54, 1.807) is 23.7 Å². The Morgan fingerprint density at radius 2 is 1.62 bits per heavy atom. The van der Waals surface area contributed by atoms with Crippen molar-refractivity contribution in [3.8, 4) is 0 Å². The number of benzene rings is 2. The molecule has 2 amide bonds. The second-order valence-electron chi connectivity index (χ2n) is 7.73. The standard InChI is InChI=1S/C23H31N3O2S/c1-16-11-17(2)23(18(3)12-16)24-21(27)14-25(4)15-22(28)26(5)13-19-7-9-20(29-6)10-8-19/h7-12H,13-15H2,1-6H3,(H,24,27)/p+1. The van der Waals surface area contributed by atoms with Crippen molar-refractivity contribution in [1.29, 1.82) is 0 Å². The summed E-state index contributed by atoms with van der Waals surface area (Å²) in [5, 5.41) is 3.00. The molecule has 2 aromatic carbocycles. The third kappa shape index (κ3) is 6.91. The maximum Gasteiger partial charge on any atom is 0.279 e. The van der Waals surface area contributed by atoms with Crippen LogP contribution in [0, 0.1) is 20.8 Å². The van der Waals surface area contributed by atoms with E-state index in [9.17, 15) is 9.59 Å². The Hall–Kier alpha value is -2.31. The van der Waals surface area contributed by atoms with Crippen LogP contribution in [0.2, 0.25) is 0 Å². The second kappa shape index (κ2) is 10.5. The van der Waals surface area contributed by atoms with Crippen LogP contribution in [-0.4, -0.2) is 50.2 Å². The minimum atomic E-state index is -0.0827. The van der Waals surface area contributed by atoms with Crippen LogP contribution in [0.5, 0.6) is 0 Å². The smallest absolute Gasteiger partial charge is 0.279 e. The summed E-state index contributed by atoms with van der Waals surface area (Å²) in [6.07, 6.45) is 2.04. The van der Waals surface area contributed by atoms with Gasteiger partial charge in [-0.15, -0.1) is 11.8 Å². The zero-order valence-electron chi connectivity index (χ0n) is 18.3. The molecule has 1 atom stereocenters. The Morgan fingerprint density at radius 1 is 1.03 bits per heavy atom. The molecule has 5 nitrogen and oxygen atoms in total. The average molecular weight is 415 g/mol.